The molecule has 1 N–H and O–H groups in total. The molecule has 4 aromatic rings. The monoisotopic (exact) mass is 424 g/mol. The van der Waals surface area contributed by atoms with Crippen LogP contribution in [0.25, 0.3) is 11.4 Å². The van der Waals surface area contributed by atoms with Gasteiger partial charge in [-0.2, -0.15) is 9.90 Å². The lowest BCUT2D eigenvalue weighted by Crippen LogP contribution is -2.17. The highest BCUT2D eigenvalue weighted by molar-refractivity contribution is 5.94. The number of amides is 1. The Morgan fingerprint density at radius 2 is 1.72 bits per heavy atom. The van der Waals surface area contributed by atoms with Crippen LogP contribution in [0.1, 0.15) is 46.8 Å². The summed E-state index contributed by atoms with van der Waals surface area (Å²) in [6.07, 6.45) is 1.64. The molecular formula is C25H24N6O. The van der Waals surface area contributed by atoms with Crippen LogP contribution in [0.5, 0.6) is 0 Å². The number of rotatable bonds is 7. The third-order valence-electron chi connectivity index (χ3n) is 5.01. The van der Waals surface area contributed by atoms with Crippen molar-refractivity contribution >= 4 is 12.1 Å². The predicted octanol–water partition coefficient (Wildman–Crippen LogP) is 4.28. The van der Waals surface area contributed by atoms with Crippen molar-refractivity contribution < 1.29 is 4.79 Å². The van der Waals surface area contributed by atoms with Crippen LogP contribution >= 0.6 is 0 Å². The Hall–Kier alpha value is -4.13. The van der Waals surface area contributed by atoms with Gasteiger partial charge < -0.3 is 0 Å². The molecule has 0 radical (unpaired) electrons. The molecule has 0 bridgehead atoms. The number of carbonyl (C=O) groups is 1. The smallest absolute Gasteiger partial charge is 0.267 e. The van der Waals surface area contributed by atoms with Gasteiger partial charge in [0.1, 0.15) is 0 Å². The molecule has 0 saturated heterocycles. The summed E-state index contributed by atoms with van der Waals surface area (Å²) in [6, 6.07) is 25.1. The van der Waals surface area contributed by atoms with Gasteiger partial charge in [0.05, 0.1) is 12.8 Å². The van der Waals surface area contributed by atoms with Crippen LogP contribution in [0.15, 0.2) is 84.0 Å². The van der Waals surface area contributed by atoms with Gasteiger partial charge in [-0.05, 0) is 40.0 Å². The number of hydrogen-bond donors (Lipinski definition) is 1. The third-order valence-corrected chi connectivity index (χ3v) is 5.01. The average molecular weight is 425 g/mol. The lowest BCUT2D eigenvalue weighted by Gasteiger charge is -2.05. The maximum Gasteiger partial charge on any atom is 0.271 e. The van der Waals surface area contributed by atoms with Crippen molar-refractivity contribution in [1.29, 1.82) is 0 Å². The van der Waals surface area contributed by atoms with Gasteiger partial charge in [0, 0.05) is 11.1 Å². The SMILES string of the molecule is CC(C)c1ccc(/C=N/NC(=O)c2ccc(Cn3nnc(-c4ccccc4)n3)cc2)cc1. The minimum atomic E-state index is -0.267. The summed E-state index contributed by atoms with van der Waals surface area (Å²) in [6.45, 7) is 4.77. The lowest BCUT2D eigenvalue weighted by atomic mass is 10.0. The molecule has 1 heterocycles. The van der Waals surface area contributed by atoms with Gasteiger partial charge in [0.25, 0.3) is 5.91 Å². The molecule has 0 aliphatic rings. The van der Waals surface area contributed by atoms with Gasteiger partial charge in [0.15, 0.2) is 0 Å². The zero-order valence-electron chi connectivity index (χ0n) is 18.0. The molecule has 0 atom stereocenters. The minimum Gasteiger partial charge on any atom is -0.267 e. The Morgan fingerprint density at radius 1 is 1.00 bits per heavy atom. The van der Waals surface area contributed by atoms with E-state index in [-0.39, 0.29) is 5.91 Å². The van der Waals surface area contributed by atoms with Crippen molar-refractivity contribution in [2.24, 2.45) is 5.10 Å². The number of carbonyl (C=O) groups excluding carboxylic acids is 1. The van der Waals surface area contributed by atoms with Crippen LogP contribution in [0.4, 0.5) is 0 Å². The Balaban J connectivity index is 1.33. The molecule has 32 heavy (non-hydrogen) atoms. The summed E-state index contributed by atoms with van der Waals surface area (Å²) >= 11 is 0. The largest absolute Gasteiger partial charge is 0.271 e. The predicted molar refractivity (Wildman–Crippen MR) is 124 cm³/mol. The number of hydrazone groups is 1. The standard InChI is InChI=1S/C25H24N6O/c1-18(2)21-12-8-19(9-13-21)16-26-28-25(32)23-14-10-20(11-15-23)17-31-29-24(27-30-31)22-6-4-3-5-7-22/h3-16,18H,17H2,1-2H3,(H,28,32)/b26-16+. The fourth-order valence-corrected chi connectivity index (χ4v) is 3.13. The summed E-state index contributed by atoms with van der Waals surface area (Å²) in [7, 11) is 0. The minimum absolute atomic E-state index is 0.267. The van der Waals surface area contributed by atoms with Crippen LogP contribution in [-0.2, 0) is 6.54 Å². The molecule has 7 heteroatoms. The Kier molecular flexibility index (Phi) is 6.46. The number of benzene rings is 3. The summed E-state index contributed by atoms with van der Waals surface area (Å²) in [5, 5.41) is 16.7. The maximum absolute atomic E-state index is 12.3. The van der Waals surface area contributed by atoms with E-state index in [1.165, 1.54) is 10.4 Å². The van der Waals surface area contributed by atoms with Crippen molar-refractivity contribution in [2.45, 2.75) is 26.3 Å². The van der Waals surface area contributed by atoms with Gasteiger partial charge in [-0.3, -0.25) is 4.79 Å². The number of nitrogens with one attached hydrogen (secondary N) is 1. The number of nitrogens with zero attached hydrogens (tertiary/aromatic N) is 5. The van der Waals surface area contributed by atoms with E-state index in [1.54, 1.807) is 18.3 Å². The van der Waals surface area contributed by atoms with Gasteiger partial charge in [-0.15, -0.1) is 10.2 Å². The molecule has 0 aliphatic heterocycles. The summed E-state index contributed by atoms with van der Waals surface area (Å²) < 4.78 is 0. The highest BCUT2D eigenvalue weighted by Gasteiger charge is 2.08. The molecule has 160 valence electrons. The highest BCUT2D eigenvalue weighted by atomic mass is 16.2. The van der Waals surface area contributed by atoms with Crippen molar-refractivity contribution in [1.82, 2.24) is 25.6 Å². The van der Waals surface area contributed by atoms with Crippen LogP contribution in [0, 0.1) is 0 Å². The first-order chi connectivity index (χ1) is 15.6. The van der Waals surface area contributed by atoms with E-state index in [4.69, 9.17) is 0 Å². The third kappa shape index (κ3) is 5.31. The quantitative estimate of drug-likeness (QED) is 0.355. The summed E-state index contributed by atoms with van der Waals surface area (Å²) in [4.78, 5) is 13.9. The molecule has 0 aliphatic carbocycles. The van der Waals surface area contributed by atoms with Crippen LogP contribution in [-0.4, -0.2) is 32.3 Å². The molecule has 3 aromatic carbocycles. The number of hydrogen-bond acceptors (Lipinski definition) is 5. The molecule has 1 aromatic heterocycles. The molecule has 0 saturated carbocycles. The van der Waals surface area contributed by atoms with Gasteiger partial charge >= 0.3 is 0 Å². The molecule has 0 spiro atoms. The lowest BCUT2D eigenvalue weighted by molar-refractivity contribution is 0.0955. The van der Waals surface area contributed by atoms with Crippen LogP contribution in [0.3, 0.4) is 0 Å². The van der Waals surface area contributed by atoms with E-state index < -0.39 is 0 Å². The first-order valence-corrected chi connectivity index (χ1v) is 10.4. The van der Waals surface area contributed by atoms with Crippen LogP contribution < -0.4 is 5.43 Å². The number of tetrazole rings is 1. The van der Waals surface area contributed by atoms with Crippen molar-refractivity contribution in [3.63, 3.8) is 0 Å². The normalized spacial score (nSPS) is 11.2. The Bertz CT molecular complexity index is 1200. The van der Waals surface area contributed by atoms with Gasteiger partial charge in [0.2, 0.25) is 5.82 Å². The molecule has 4 rings (SSSR count). The second-order valence-electron chi connectivity index (χ2n) is 7.73. The molecule has 1 amide bonds. The average Bonchev–Trinajstić information content (AvgIpc) is 3.29. The van der Waals surface area contributed by atoms with E-state index in [2.05, 4.69) is 51.9 Å². The van der Waals surface area contributed by atoms with E-state index in [9.17, 15) is 4.79 Å². The van der Waals surface area contributed by atoms with E-state index in [1.807, 2.05) is 54.6 Å². The van der Waals surface area contributed by atoms with Crippen molar-refractivity contribution in [3.8, 4) is 11.4 Å². The zero-order chi connectivity index (χ0) is 22.3. The molecule has 7 nitrogen and oxygen atoms in total. The Morgan fingerprint density at radius 3 is 2.41 bits per heavy atom. The first-order valence-electron chi connectivity index (χ1n) is 10.4. The van der Waals surface area contributed by atoms with Crippen molar-refractivity contribution in [2.75, 3.05) is 0 Å². The second-order valence-corrected chi connectivity index (χ2v) is 7.73. The Labute approximate surface area is 186 Å². The highest BCUT2D eigenvalue weighted by Crippen LogP contribution is 2.14. The first kappa shape index (κ1) is 21.1. The number of aromatic nitrogens is 4. The topological polar surface area (TPSA) is 85.1 Å². The fourth-order valence-electron chi connectivity index (χ4n) is 3.13. The molecular weight excluding hydrogens is 400 g/mol. The van der Waals surface area contributed by atoms with E-state index in [0.717, 1.165) is 16.7 Å². The zero-order valence-corrected chi connectivity index (χ0v) is 18.0. The summed E-state index contributed by atoms with van der Waals surface area (Å²) in [5.41, 5.74) is 7.17. The van der Waals surface area contributed by atoms with E-state index in [0.29, 0.717) is 23.9 Å². The van der Waals surface area contributed by atoms with E-state index >= 15 is 0 Å². The maximum atomic E-state index is 12.3. The van der Waals surface area contributed by atoms with Gasteiger partial charge in [-0.1, -0.05) is 80.6 Å². The molecule has 0 fully saturated rings. The van der Waals surface area contributed by atoms with Gasteiger partial charge in [-0.25, -0.2) is 5.43 Å². The van der Waals surface area contributed by atoms with Crippen LogP contribution in [0.2, 0.25) is 0 Å². The second kappa shape index (κ2) is 9.78. The molecule has 0 unspecified atom stereocenters. The fraction of sp³-hybridized carbons (Fsp3) is 0.160. The summed E-state index contributed by atoms with van der Waals surface area (Å²) in [5.74, 6) is 0.796. The van der Waals surface area contributed by atoms with Crippen molar-refractivity contribution in [3.05, 3.63) is 101 Å².